The molecular formula is C93H70F13N23O6. The molecule has 684 valence electrons. The number of aromatic nitrogens is 23. The molecule has 13 aromatic heterocycles. The Morgan fingerprint density at radius 2 is 0.733 bits per heavy atom. The number of fused-ring (bicyclic) bond motifs is 5. The van der Waals surface area contributed by atoms with Gasteiger partial charge < -0.3 is 29.4 Å². The fraction of sp³-hybridized carbons (Fsp3) is 0.151. The maximum Gasteiger partial charge on any atom is 0.586 e. The summed E-state index contributed by atoms with van der Waals surface area (Å²) in [6.07, 6.45) is -7.58. The molecule has 0 saturated heterocycles. The summed E-state index contributed by atoms with van der Waals surface area (Å²) in [5.41, 5.74) is 9.20. The molecule has 0 aliphatic carbocycles. The molecule has 0 radical (unpaired) electrons. The second-order valence-electron chi connectivity index (χ2n) is 31.1. The van der Waals surface area contributed by atoms with Crippen LogP contribution in [0, 0.1) is 25.5 Å². The van der Waals surface area contributed by atoms with E-state index in [1.807, 2.05) is 86.9 Å². The van der Waals surface area contributed by atoms with E-state index in [9.17, 15) is 76.3 Å². The van der Waals surface area contributed by atoms with Crippen LogP contribution in [0.4, 0.5) is 57.1 Å². The van der Waals surface area contributed by atoms with E-state index in [1.54, 1.807) is 76.4 Å². The van der Waals surface area contributed by atoms with Crippen molar-refractivity contribution in [1.29, 1.82) is 0 Å². The minimum absolute atomic E-state index is 0.0920. The van der Waals surface area contributed by atoms with Gasteiger partial charge >= 0.3 is 24.8 Å². The first kappa shape index (κ1) is 88.7. The Bertz CT molecular complexity index is 7620. The number of H-pyrrole nitrogens is 8. The topological polar surface area (TPSA) is 359 Å². The Hall–Kier alpha value is -17.0. The molecule has 20 aromatic rings. The molecule has 21 rings (SSSR count). The summed E-state index contributed by atoms with van der Waals surface area (Å²) in [5, 5.41) is 20.7. The highest BCUT2D eigenvalue weighted by Crippen LogP contribution is 2.44. The van der Waals surface area contributed by atoms with Crippen LogP contribution in [-0.2, 0) is 70.1 Å². The highest BCUT2D eigenvalue weighted by molar-refractivity contribution is 5.78. The van der Waals surface area contributed by atoms with Crippen molar-refractivity contribution in [3.63, 3.8) is 0 Å². The quantitative estimate of drug-likeness (QED) is 0.0329. The molecule has 42 heteroatoms. The zero-order chi connectivity index (χ0) is 94.4. The summed E-state index contributed by atoms with van der Waals surface area (Å²) in [4.78, 5) is 95.6. The number of hydrogen-bond acceptors (Lipinski definition) is 15. The summed E-state index contributed by atoms with van der Waals surface area (Å²) in [7, 11) is 0. The van der Waals surface area contributed by atoms with E-state index in [0.717, 1.165) is 70.1 Å². The minimum atomic E-state index is -4.53. The molecule has 7 aromatic carbocycles. The van der Waals surface area contributed by atoms with Crippen LogP contribution < -0.4 is 31.7 Å². The fourth-order valence-corrected chi connectivity index (χ4v) is 15.2. The van der Waals surface area contributed by atoms with Gasteiger partial charge in [-0.05, 0) is 214 Å². The molecule has 0 unspecified atom stereocenters. The number of imidazole rings is 4. The molecule has 135 heavy (non-hydrogen) atoms. The zero-order valence-corrected chi connectivity index (χ0v) is 70.3. The van der Waals surface area contributed by atoms with E-state index in [0.29, 0.717) is 141 Å². The molecule has 29 nitrogen and oxygen atoms in total. The highest BCUT2D eigenvalue weighted by atomic mass is 19.4. The predicted octanol–water partition coefficient (Wildman–Crippen LogP) is 17.7. The van der Waals surface area contributed by atoms with Crippen LogP contribution in [0.25, 0.3) is 113 Å². The maximum absolute atomic E-state index is 13.5. The van der Waals surface area contributed by atoms with Crippen LogP contribution in [0.3, 0.4) is 0 Å². The molecule has 0 fully saturated rings. The number of nitrogens with zero attached hydrogens (tertiary/aromatic N) is 15. The number of rotatable bonds is 20. The fourth-order valence-electron chi connectivity index (χ4n) is 15.2. The van der Waals surface area contributed by atoms with Crippen molar-refractivity contribution in [2.45, 2.75) is 90.3 Å². The van der Waals surface area contributed by atoms with Gasteiger partial charge in [-0.2, -0.15) is 78.4 Å². The van der Waals surface area contributed by atoms with E-state index < -0.39 is 47.1 Å². The van der Waals surface area contributed by atoms with Crippen LogP contribution >= 0.6 is 0 Å². The average molecular weight is 1850 g/mol. The Labute approximate surface area is 749 Å². The van der Waals surface area contributed by atoms with Crippen molar-refractivity contribution in [3.05, 3.63) is 358 Å². The SMILES string of the molecule is Cc1ccn(CCc2c(-c3ccc(C(F)(F)F)cc3)[nH]n(-c3nc4ccccc4[nH]3)c2=O)n1.Cc1ccn(CCc2c(-c3ccc(C(F)(F)F)cc3)[nH]n(-c3nc4ncccc4[nH]3)c2=O)n1.O=c1c(CCc2ccc(F)cc2)c(-c2ccc(C(F)(F)F)cn2)[nH]n1-c1nc2ncccc2[nH]1.O=c1c(CCc2ccc(F)cc2)c(-c2ccc3c(c2)OC(F)(F)O3)[nH]n1-c1nc2ccccc2[nH]1. The summed E-state index contributed by atoms with van der Waals surface area (Å²) in [6.45, 7) is 4.60. The Balaban J connectivity index is 0.000000120. The predicted molar refractivity (Wildman–Crippen MR) is 469 cm³/mol. The number of ether oxygens (including phenoxy) is 2. The third kappa shape index (κ3) is 19.2. The molecule has 8 N–H and O–H groups in total. The summed E-state index contributed by atoms with van der Waals surface area (Å²) in [6, 6.07) is 53.2. The standard InChI is InChI=1S/C25H17F3N4O3.C23H16F4N6O.C23H19F3N6O.C22H18F3N7O/c26-16-9-5-14(6-10-16)7-11-17-22(15-8-12-20-21(13-15)35-25(27,28)34-20)31-32(23(17)33)24-29-18-3-1-2-4-19(18)30-24;24-15-7-3-13(4-8-15)5-9-16-19(17-10-6-14(12-29-17)23(25,26)27)32-33(21(16)34)22-30-18-2-1-11-28-20(18)31-22;1-14-10-12-31(29-14)13-11-17-20(15-6-8-16(9-7-15)23(24,25)26)30-32(21(17)33)22-27-18-4-2-3-5-19(18)28-22;1-13-8-11-31(29-13)12-9-16-18(14-4-6-15(7-5-14)22(23,24)25)30-32(20(16)33)21-27-17-3-2-10-26-19(17)28-21/h1-6,8-10,12-13,31H,7,11H2,(H,29,30);1-4,6-8,10-12,32H,5,9H2,(H,28,30,31);2-10,12,30H,11,13H2,1H3,(H,27,28);2-8,10-11,30H,9,12H2,1H3,(H,26,27,28). The van der Waals surface area contributed by atoms with Crippen molar-refractivity contribution < 1.29 is 66.5 Å². The van der Waals surface area contributed by atoms with Crippen molar-refractivity contribution in [3.8, 4) is 80.5 Å². The summed E-state index contributed by atoms with van der Waals surface area (Å²) < 4.78 is 188. The van der Waals surface area contributed by atoms with Gasteiger partial charge in [0.05, 0.1) is 89.6 Å². The Kier molecular flexibility index (Phi) is 23.7. The summed E-state index contributed by atoms with van der Waals surface area (Å²) >= 11 is 0. The van der Waals surface area contributed by atoms with Gasteiger partial charge in [0.2, 0.25) is 23.8 Å². The number of aryl methyl sites for hydroxylation is 6. The van der Waals surface area contributed by atoms with E-state index in [2.05, 4.69) is 94.9 Å². The van der Waals surface area contributed by atoms with E-state index >= 15 is 0 Å². The highest BCUT2D eigenvalue weighted by Gasteiger charge is 2.44. The van der Waals surface area contributed by atoms with E-state index in [1.165, 1.54) is 85.5 Å². The number of para-hydroxylation sites is 4. The van der Waals surface area contributed by atoms with Crippen molar-refractivity contribution in [1.82, 2.24) is 114 Å². The number of pyridine rings is 3. The van der Waals surface area contributed by atoms with Crippen molar-refractivity contribution in [2.24, 2.45) is 0 Å². The normalized spacial score (nSPS) is 12.5. The second kappa shape index (κ2) is 36.1. The van der Waals surface area contributed by atoms with Gasteiger partial charge in [-0.3, -0.25) is 53.9 Å². The van der Waals surface area contributed by atoms with Crippen LogP contribution in [0.5, 0.6) is 11.5 Å². The van der Waals surface area contributed by atoms with Crippen LogP contribution in [0.1, 0.15) is 61.5 Å². The van der Waals surface area contributed by atoms with Gasteiger partial charge in [0.1, 0.15) is 11.6 Å². The van der Waals surface area contributed by atoms with Gasteiger partial charge in [-0.1, -0.05) is 72.8 Å². The zero-order valence-electron chi connectivity index (χ0n) is 70.3. The van der Waals surface area contributed by atoms with Gasteiger partial charge in [0.15, 0.2) is 22.8 Å². The third-order valence-corrected chi connectivity index (χ3v) is 22.0. The smallest absolute Gasteiger partial charge is 0.395 e. The van der Waals surface area contributed by atoms with E-state index in [-0.39, 0.29) is 75.5 Å². The molecule has 0 spiro atoms. The van der Waals surface area contributed by atoms with Crippen molar-refractivity contribution >= 4 is 44.4 Å². The van der Waals surface area contributed by atoms with Crippen molar-refractivity contribution in [2.75, 3.05) is 0 Å². The molecule has 0 amide bonds. The number of alkyl halides is 11. The van der Waals surface area contributed by atoms with E-state index in [4.69, 9.17) is 0 Å². The molecule has 1 aliphatic rings. The average Bonchev–Trinajstić information content (AvgIpc) is 1.65. The Morgan fingerprint density at radius 1 is 0.363 bits per heavy atom. The summed E-state index contributed by atoms with van der Waals surface area (Å²) in [5.74, 6) is 0.0672. The molecule has 0 saturated carbocycles. The number of nitrogens with one attached hydrogen (secondary N) is 8. The Morgan fingerprint density at radius 3 is 1.13 bits per heavy atom. The lowest BCUT2D eigenvalue weighted by Crippen LogP contribution is -2.25. The van der Waals surface area contributed by atoms with Gasteiger partial charge in [-0.25, -0.2) is 28.7 Å². The largest absolute Gasteiger partial charge is 0.586 e. The van der Waals surface area contributed by atoms with Crippen LogP contribution in [0.2, 0.25) is 0 Å². The monoisotopic (exact) mass is 1850 g/mol. The lowest BCUT2D eigenvalue weighted by atomic mass is 10.0. The molecular weight excluding hydrogens is 1780 g/mol. The number of aromatic amines is 8. The van der Waals surface area contributed by atoms with Gasteiger partial charge in [-0.15, -0.1) is 8.78 Å². The number of benzene rings is 7. The number of hydrogen-bond donors (Lipinski definition) is 8. The molecule has 14 heterocycles. The first-order chi connectivity index (χ1) is 64.7. The third-order valence-electron chi connectivity index (χ3n) is 22.0. The first-order valence-corrected chi connectivity index (χ1v) is 41.4. The van der Waals surface area contributed by atoms with Crippen LogP contribution in [0.15, 0.2) is 262 Å². The van der Waals surface area contributed by atoms with Gasteiger partial charge in [0, 0.05) is 71.9 Å². The first-order valence-electron chi connectivity index (χ1n) is 41.4. The maximum atomic E-state index is 13.5. The molecule has 1 aliphatic heterocycles. The second-order valence-corrected chi connectivity index (χ2v) is 31.1. The lowest BCUT2D eigenvalue weighted by molar-refractivity contribution is -0.286. The van der Waals surface area contributed by atoms with Crippen LogP contribution in [-0.4, -0.2) is 120 Å². The van der Waals surface area contributed by atoms with Gasteiger partial charge in [0.25, 0.3) is 22.2 Å². The minimum Gasteiger partial charge on any atom is -0.395 e. The lowest BCUT2D eigenvalue weighted by Gasteiger charge is -2.08. The molecule has 0 bridgehead atoms. The number of halogens is 13. The molecule has 0 atom stereocenters.